The minimum Gasteiger partial charge on any atom is -0.386 e. The summed E-state index contributed by atoms with van der Waals surface area (Å²) >= 11 is 3.40. The average molecular weight is 277 g/mol. The van der Waals surface area contributed by atoms with Crippen molar-refractivity contribution in [3.05, 3.63) is 45.9 Å². The van der Waals surface area contributed by atoms with Crippen molar-refractivity contribution in [2.45, 2.75) is 0 Å². The van der Waals surface area contributed by atoms with Crippen molar-refractivity contribution in [1.29, 1.82) is 0 Å². The van der Waals surface area contributed by atoms with Crippen LogP contribution in [0.2, 0.25) is 0 Å². The lowest BCUT2D eigenvalue weighted by Gasteiger charge is -2.01. The first kappa shape index (κ1) is 9.54. The SMILES string of the molecule is O=C1OC(=O)c2cc3c(Br)cccc3cc21. The summed E-state index contributed by atoms with van der Waals surface area (Å²) in [6.07, 6.45) is 0. The molecule has 3 nitrogen and oxygen atoms in total. The molecule has 0 amide bonds. The molecule has 2 aromatic carbocycles. The Bertz CT molecular complexity index is 646. The standard InChI is InChI=1S/C12H5BrO3/c13-10-3-1-2-6-4-8-9(5-7(6)10)12(15)16-11(8)14/h1-5H. The van der Waals surface area contributed by atoms with Crippen molar-refractivity contribution in [3.8, 4) is 0 Å². The van der Waals surface area contributed by atoms with Crippen molar-refractivity contribution in [1.82, 2.24) is 0 Å². The fraction of sp³-hybridized carbons (Fsp3) is 0. The number of cyclic esters (lactones) is 2. The van der Waals surface area contributed by atoms with Gasteiger partial charge >= 0.3 is 11.9 Å². The zero-order valence-electron chi connectivity index (χ0n) is 7.99. The Kier molecular flexibility index (Phi) is 1.88. The highest BCUT2D eigenvalue weighted by atomic mass is 79.9. The molecule has 0 radical (unpaired) electrons. The topological polar surface area (TPSA) is 43.4 Å². The fourth-order valence-electron chi connectivity index (χ4n) is 1.82. The molecule has 0 aliphatic carbocycles. The van der Waals surface area contributed by atoms with Crippen LogP contribution in [0.5, 0.6) is 0 Å². The highest BCUT2D eigenvalue weighted by molar-refractivity contribution is 9.10. The summed E-state index contributed by atoms with van der Waals surface area (Å²) in [7, 11) is 0. The molecule has 0 N–H and O–H groups in total. The molecule has 0 atom stereocenters. The average Bonchev–Trinajstić information content (AvgIpc) is 2.53. The van der Waals surface area contributed by atoms with Crippen LogP contribution >= 0.6 is 15.9 Å². The highest BCUT2D eigenvalue weighted by Gasteiger charge is 2.30. The smallest absolute Gasteiger partial charge is 0.346 e. The Labute approximate surface area is 99.1 Å². The van der Waals surface area contributed by atoms with Crippen LogP contribution in [0.15, 0.2) is 34.8 Å². The molecular formula is C12H5BrO3. The van der Waals surface area contributed by atoms with E-state index in [9.17, 15) is 9.59 Å². The molecule has 1 aliphatic rings. The third-order valence-electron chi connectivity index (χ3n) is 2.59. The Morgan fingerprint density at radius 1 is 1.00 bits per heavy atom. The van der Waals surface area contributed by atoms with E-state index in [1.54, 1.807) is 12.1 Å². The van der Waals surface area contributed by atoms with Crippen LogP contribution in [-0.4, -0.2) is 11.9 Å². The van der Waals surface area contributed by atoms with Crippen LogP contribution in [0.1, 0.15) is 20.7 Å². The fourth-order valence-corrected chi connectivity index (χ4v) is 2.32. The maximum absolute atomic E-state index is 11.4. The Morgan fingerprint density at radius 3 is 2.44 bits per heavy atom. The summed E-state index contributed by atoms with van der Waals surface area (Å²) in [5.41, 5.74) is 0.681. The highest BCUT2D eigenvalue weighted by Crippen LogP contribution is 2.30. The van der Waals surface area contributed by atoms with E-state index < -0.39 is 11.9 Å². The van der Waals surface area contributed by atoms with Gasteiger partial charge in [0.25, 0.3) is 0 Å². The molecule has 1 aliphatic heterocycles. The van der Waals surface area contributed by atoms with Crippen molar-refractivity contribution < 1.29 is 14.3 Å². The lowest BCUT2D eigenvalue weighted by molar-refractivity contribution is 0.0444. The Hall–Kier alpha value is -1.68. The molecular weight excluding hydrogens is 272 g/mol. The van der Waals surface area contributed by atoms with Gasteiger partial charge in [0.1, 0.15) is 0 Å². The third-order valence-corrected chi connectivity index (χ3v) is 3.28. The molecule has 1 heterocycles. The molecule has 0 saturated carbocycles. The molecule has 0 aromatic heterocycles. The minimum absolute atomic E-state index is 0.337. The molecule has 3 rings (SSSR count). The van der Waals surface area contributed by atoms with E-state index in [1.807, 2.05) is 18.2 Å². The summed E-state index contributed by atoms with van der Waals surface area (Å²) in [6, 6.07) is 9.01. The van der Waals surface area contributed by atoms with Crippen LogP contribution in [0.4, 0.5) is 0 Å². The molecule has 78 valence electrons. The van der Waals surface area contributed by atoms with Crippen molar-refractivity contribution in [3.63, 3.8) is 0 Å². The van der Waals surface area contributed by atoms with Crippen LogP contribution in [-0.2, 0) is 4.74 Å². The van der Waals surface area contributed by atoms with Crippen LogP contribution in [0.25, 0.3) is 10.8 Å². The first-order chi connectivity index (χ1) is 7.66. The zero-order chi connectivity index (χ0) is 11.3. The number of ether oxygens (including phenoxy) is 1. The lowest BCUT2D eigenvalue weighted by Crippen LogP contribution is -1.96. The molecule has 0 spiro atoms. The van der Waals surface area contributed by atoms with Gasteiger partial charge in [-0.2, -0.15) is 0 Å². The van der Waals surface area contributed by atoms with Gasteiger partial charge in [0.05, 0.1) is 11.1 Å². The van der Waals surface area contributed by atoms with Gasteiger partial charge < -0.3 is 4.74 Å². The molecule has 2 aromatic rings. The normalized spacial score (nSPS) is 14.1. The predicted molar refractivity (Wildman–Crippen MR) is 61.4 cm³/mol. The van der Waals surface area contributed by atoms with Gasteiger partial charge in [0.15, 0.2) is 0 Å². The van der Waals surface area contributed by atoms with E-state index >= 15 is 0 Å². The second-order valence-corrected chi connectivity index (χ2v) is 4.39. The van der Waals surface area contributed by atoms with Crippen molar-refractivity contribution in [2.24, 2.45) is 0 Å². The maximum Gasteiger partial charge on any atom is 0.346 e. The molecule has 0 fully saturated rings. The third kappa shape index (κ3) is 1.20. The number of hydrogen-bond donors (Lipinski definition) is 0. The Balaban J connectivity index is 2.43. The summed E-state index contributed by atoms with van der Waals surface area (Å²) < 4.78 is 5.44. The number of benzene rings is 2. The monoisotopic (exact) mass is 276 g/mol. The molecule has 16 heavy (non-hydrogen) atoms. The van der Waals surface area contributed by atoms with Gasteiger partial charge in [-0.15, -0.1) is 0 Å². The number of esters is 2. The number of carbonyl (C=O) groups is 2. The molecule has 0 bridgehead atoms. The van der Waals surface area contributed by atoms with E-state index in [1.165, 1.54) is 0 Å². The van der Waals surface area contributed by atoms with Crippen molar-refractivity contribution in [2.75, 3.05) is 0 Å². The van der Waals surface area contributed by atoms with Crippen LogP contribution < -0.4 is 0 Å². The molecule has 0 unspecified atom stereocenters. The first-order valence-electron chi connectivity index (χ1n) is 4.65. The van der Waals surface area contributed by atoms with Gasteiger partial charge in [-0.25, -0.2) is 9.59 Å². The van der Waals surface area contributed by atoms with Gasteiger partial charge in [0.2, 0.25) is 0 Å². The largest absolute Gasteiger partial charge is 0.386 e. The van der Waals surface area contributed by atoms with Crippen LogP contribution in [0.3, 0.4) is 0 Å². The second kappa shape index (κ2) is 3.15. The summed E-state index contributed by atoms with van der Waals surface area (Å²) in [5, 5.41) is 1.80. The van der Waals surface area contributed by atoms with E-state index in [4.69, 9.17) is 0 Å². The quantitative estimate of drug-likeness (QED) is 0.549. The van der Waals surface area contributed by atoms with E-state index in [2.05, 4.69) is 20.7 Å². The zero-order valence-corrected chi connectivity index (χ0v) is 9.58. The van der Waals surface area contributed by atoms with Gasteiger partial charge in [-0.1, -0.05) is 28.1 Å². The number of carbonyl (C=O) groups excluding carboxylic acids is 2. The lowest BCUT2D eigenvalue weighted by atomic mass is 10.0. The predicted octanol–water partition coefficient (Wildman–Crippen LogP) is 2.91. The van der Waals surface area contributed by atoms with Crippen LogP contribution in [0, 0.1) is 0 Å². The maximum atomic E-state index is 11.4. The van der Waals surface area contributed by atoms with Gasteiger partial charge in [-0.3, -0.25) is 0 Å². The number of halogens is 1. The molecule has 0 saturated heterocycles. The van der Waals surface area contributed by atoms with E-state index in [-0.39, 0.29) is 0 Å². The summed E-state index contributed by atoms with van der Waals surface area (Å²) in [5.74, 6) is -1.14. The Morgan fingerprint density at radius 2 is 1.69 bits per heavy atom. The van der Waals surface area contributed by atoms with Crippen molar-refractivity contribution >= 4 is 38.6 Å². The first-order valence-corrected chi connectivity index (χ1v) is 5.45. The summed E-state index contributed by atoms with van der Waals surface area (Å²) in [6.45, 7) is 0. The number of rotatable bonds is 0. The minimum atomic E-state index is -0.572. The second-order valence-electron chi connectivity index (χ2n) is 3.54. The number of fused-ring (bicyclic) bond motifs is 2. The summed E-state index contributed by atoms with van der Waals surface area (Å²) in [4.78, 5) is 22.7. The number of hydrogen-bond acceptors (Lipinski definition) is 3. The van der Waals surface area contributed by atoms with Gasteiger partial charge in [0, 0.05) is 4.47 Å². The van der Waals surface area contributed by atoms with Gasteiger partial charge in [-0.05, 0) is 29.0 Å². The molecule has 4 heteroatoms. The van der Waals surface area contributed by atoms with E-state index in [0.29, 0.717) is 11.1 Å². The van der Waals surface area contributed by atoms with E-state index in [0.717, 1.165) is 15.2 Å².